The largest absolute Gasteiger partial charge is 0.439 e. The minimum absolute atomic E-state index is 0.0494. The summed E-state index contributed by atoms with van der Waals surface area (Å²) in [6.07, 6.45) is 5.09. The number of para-hydroxylation sites is 1. The van der Waals surface area contributed by atoms with Gasteiger partial charge in [-0.3, -0.25) is 9.38 Å². The maximum atomic E-state index is 6.53. The summed E-state index contributed by atoms with van der Waals surface area (Å²) in [5, 5.41) is 6.10. The van der Waals surface area contributed by atoms with E-state index in [0.29, 0.717) is 5.88 Å². The Labute approximate surface area is 247 Å². The minimum Gasteiger partial charge on any atom is -0.439 e. The molecule has 0 aliphatic carbocycles. The Hall–Kier alpha value is -4.44. The fraction of sp³-hybridized carbons (Fsp3) is 0.263. The van der Waals surface area contributed by atoms with Gasteiger partial charge in [-0.25, -0.2) is 0 Å². The number of benzene rings is 3. The van der Waals surface area contributed by atoms with Gasteiger partial charge in [-0.2, -0.15) is 4.98 Å². The van der Waals surface area contributed by atoms with Crippen LogP contribution in [0.15, 0.2) is 85.2 Å². The van der Waals surface area contributed by atoms with E-state index in [0.717, 1.165) is 34.5 Å². The number of hydrogen-bond acceptors (Lipinski definition) is 3. The lowest BCUT2D eigenvalue weighted by atomic mass is 9.86. The monoisotopic (exact) mass is 551 g/mol. The maximum absolute atomic E-state index is 6.53. The second kappa shape index (κ2) is 9.29. The van der Waals surface area contributed by atoms with Gasteiger partial charge in [0.25, 0.3) is 0 Å². The molecule has 3 aromatic carbocycles. The lowest BCUT2D eigenvalue weighted by molar-refractivity contribution is 0.411. The number of aromatic nitrogens is 3. The highest BCUT2D eigenvalue weighted by atomic mass is 16.5. The summed E-state index contributed by atoms with van der Waals surface area (Å²) in [6.45, 7) is 15.7. The molecular formula is C38H37N3O. The highest BCUT2D eigenvalue weighted by molar-refractivity contribution is 6.21. The fourth-order valence-corrected chi connectivity index (χ4v) is 6.30. The van der Waals surface area contributed by atoms with Gasteiger partial charge in [0.1, 0.15) is 11.4 Å². The van der Waals surface area contributed by atoms with Crippen molar-refractivity contribution in [3.8, 4) is 22.9 Å². The molecule has 0 amide bonds. The molecule has 210 valence electrons. The van der Waals surface area contributed by atoms with Crippen LogP contribution >= 0.6 is 0 Å². The molecule has 0 spiro atoms. The molecule has 0 N–H and O–H groups in total. The zero-order valence-corrected chi connectivity index (χ0v) is 25.5. The first-order chi connectivity index (χ1) is 19.9. The van der Waals surface area contributed by atoms with Gasteiger partial charge < -0.3 is 4.74 Å². The van der Waals surface area contributed by atoms with Gasteiger partial charge in [-0.15, -0.1) is 0 Å². The molecule has 7 aromatic rings. The standard InChI is InChI=1S/C38H37N3O/c1-23-22-41-35-29(23)12-9-13-30(35)31-17-24(21-37(2,3)4)16-26-19-33(40-36(41)34(26)31)42-28-11-8-10-25(18-28)32-20-27(14-15-39-32)38(5,6)7/h8-20,22H,21H2,1-7H3. The van der Waals surface area contributed by atoms with Crippen molar-refractivity contribution in [2.24, 2.45) is 5.41 Å². The summed E-state index contributed by atoms with van der Waals surface area (Å²) < 4.78 is 8.79. The Morgan fingerprint density at radius 3 is 2.38 bits per heavy atom. The average molecular weight is 552 g/mol. The zero-order chi connectivity index (χ0) is 29.4. The van der Waals surface area contributed by atoms with Crippen molar-refractivity contribution < 1.29 is 4.74 Å². The summed E-state index contributed by atoms with van der Waals surface area (Å²) in [5.41, 5.74) is 8.15. The number of fused-ring (bicyclic) bond motifs is 2. The summed E-state index contributed by atoms with van der Waals surface area (Å²) in [7, 11) is 0. The Morgan fingerprint density at radius 1 is 0.810 bits per heavy atom. The van der Waals surface area contributed by atoms with E-state index in [9.17, 15) is 0 Å². The third kappa shape index (κ3) is 4.56. The van der Waals surface area contributed by atoms with Crippen molar-refractivity contribution in [3.05, 3.63) is 102 Å². The van der Waals surface area contributed by atoms with Crippen LogP contribution in [0.1, 0.15) is 58.2 Å². The molecule has 0 aliphatic heterocycles. The molecular weight excluding hydrogens is 514 g/mol. The molecule has 4 aromatic heterocycles. The molecule has 7 rings (SSSR count). The summed E-state index contributed by atoms with van der Waals surface area (Å²) in [4.78, 5) is 9.81. The van der Waals surface area contributed by atoms with Gasteiger partial charge in [0.05, 0.1) is 11.2 Å². The van der Waals surface area contributed by atoms with Gasteiger partial charge >= 0.3 is 0 Å². The topological polar surface area (TPSA) is 39.4 Å². The van der Waals surface area contributed by atoms with Gasteiger partial charge in [0.15, 0.2) is 0 Å². The van der Waals surface area contributed by atoms with E-state index in [2.05, 4.69) is 125 Å². The maximum Gasteiger partial charge on any atom is 0.221 e. The van der Waals surface area contributed by atoms with Crippen molar-refractivity contribution in [2.75, 3.05) is 0 Å². The molecule has 0 bridgehead atoms. The van der Waals surface area contributed by atoms with Gasteiger partial charge in [-0.1, -0.05) is 84.0 Å². The van der Waals surface area contributed by atoms with Crippen LogP contribution in [-0.2, 0) is 11.8 Å². The highest BCUT2D eigenvalue weighted by Gasteiger charge is 2.20. The predicted octanol–water partition coefficient (Wildman–Crippen LogP) is 10.3. The normalized spacial score (nSPS) is 12.7. The molecule has 0 unspecified atom stereocenters. The molecule has 0 atom stereocenters. The van der Waals surface area contributed by atoms with E-state index >= 15 is 0 Å². The van der Waals surface area contributed by atoms with Crippen molar-refractivity contribution in [1.82, 2.24) is 14.4 Å². The van der Waals surface area contributed by atoms with Gasteiger partial charge in [0.2, 0.25) is 5.88 Å². The van der Waals surface area contributed by atoms with Crippen LogP contribution in [0.2, 0.25) is 0 Å². The van der Waals surface area contributed by atoms with Crippen molar-refractivity contribution >= 4 is 38.1 Å². The number of hydrogen-bond donors (Lipinski definition) is 0. The van der Waals surface area contributed by atoms with Crippen LogP contribution in [0.5, 0.6) is 11.6 Å². The van der Waals surface area contributed by atoms with Crippen molar-refractivity contribution in [3.63, 3.8) is 0 Å². The Morgan fingerprint density at radius 2 is 1.60 bits per heavy atom. The molecule has 0 saturated heterocycles. The summed E-state index contributed by atoms with van der Waals surface area (Å²) in [5.74, 6) is 1.33. The summed E-state index contributed by atoms with van der Waals surface area (Å²) in [6, 6.07) is 25.8. The van der Waals surface area contributed by atoms with Crippen LogP contribution in [0.25, 0.3) is 49.4 Å². The molecule has 0 radical (unpaired) electrons. The Kier molecular flexibility index (Phi) is 5.85. The Balaban J connectivity index is 1.40. The first kappa shape index (κ1) is 26.5. The third-order valence-electron chi connectivity index (χ3n) is 8.20. The van der Waals surface area contributed by atoms with E-state index in [-0.39, 0.29) is 10.8 Å². The lowest BCUT2D eigenvalue weighted by Crippen LogP contribution is -2.11. The molecule has 0 saturated carbocycles. The fourth-order valence-electron chi connectivity index (χ4n) is 6.30. The summed E-state index contributed by atoms with van der Waals surface area (Å²) >= 11 is 0. The number of aryl methyl sites for hydroxylation is 1. The minimum atomic E-state index is 0.0494. The van der Waals surface area contributed by atoms with Crippen LogP contribution < -0.4 is 4.74 Å². The van der Waals surface area contributed by atoms with Crippen LogP contribution in [0, 0.1) is 12.3 Å². The van der Waals surface area contributed by atoms with Crippen LogP contribution in [-0.4, -0.2) is 14.4 Å². The van der Waals surface area contributed by atoms with Crippen LogP contribution in [0.3, 0.4) is 0 Å². The highest BCUT2D eigenvalue weighted by Crippen LogP contribution is 2.40. The number of nitrogens with zero attached hydrogens (tertiary/aromatic N) is 3. The zero-order valence-electron chi connectivity index (χ0n) is 25.5. The quantitative estimate of drug-likeness (QED) is 0.161. The van der Waals surface area contributed by atoms with Gasteiger partial charge in [0, 0.05) is 40.2 Å². The molecule has 4 nitrogen and oxygen atoms in total. The van der Waals surface area contributed by atoms with E-state index in [1.165, 1.54) is 43.8 Å². The number of ether oxygens (including phenoxy) is 1. The molecule has 42 heavy (non-hydrogen) atoms. The molecule has 0 fully saturated rings. The van der Waals surface area contributed by atoms with E-state index in [4.69, 9.17) is 9.72 Å². The molecule has 4 heterocycles. The Bertz CT molecular complexity index is 2120. The number of rotatable bonds is 4. The molecule has 4 heteroatoms. The second-order valence-corrected chi connectivity index (χ2v) is 14.0. The number of pyridine rings is 3. The van der Waals surface area contributed by atoms with Gasteiger partial charge in [-0.05, 0) is 75.9 Å². The van der Waals surface area contributed by atoms with Crippen molar-refractivity contribution in [1.29, 1.82) is 0 Å². The first-order valence-corrected chi connectivity index (χ1v) is 14.8. The smallest absolute Gasteiger partial charge is 0.221 e. The van der Waals surface area contributed by atoms with E-state index in [1.54, 1.807) is 0 Å². The predicted molar refractivity (Wildman–Crippen MR) is 175 cm³/mol. The third-order valence-corrected chi connectivity index (χ3v) is 8.20. The van der Waals surface area contributed by atoms with Crippen LogP contribution in [0.4, 0.5) is 0 Å². The average Bonchev–Trinajstić information content (AvgIpc) is 3.27. The van der Waals surface area contributed by atoms with Crippen molar-refractivity contribution in [2.45, 2.75) is 60.3 Å². The first-order valence-electron chi connectivity index (χ1n) is 14.8. The molecule has 0 aliphatic rings. The van der Waals surface area contributed by atoms with E-state index in [1.807, 2.05) is 18.3 Å². The second-order valence-electron chi connectivity index (χ2n) is 14.0. The SMILES string of the molecule is Cc1cn2c3nc(Oc4cccc(-c5cc(C(C)(C)C)ccn5)c4)cc4cc(CC(C)(C)C)cc(c5cccc1c52)c43. The van der Waals surface area contributed by atoms with E-state index < -0.39 is 0 Å². The lowest BCUT2D eigenvalue weighted by Gasteiger charge is -2.20.